The van der Waals surface area contributed by atoms with E-state index in [0.29, 0.717) is 30.0 Å². The Morgan fingerprint density at radius 2 is 1.97 bits per heavy atom. The second-order valence-corrected chi connectivity index (χ2v) is 8.72. The molecule has 9 nitrogen and oxygen atoms in total. The van der Waals surface area contributed by atoms with Crippen molar-refractivity contribution in [2.24, 2.45) is 0 Å². The van der Waals surface area contributed by atoms with Crippen LogP contribution in [0.1, 0.15) is 48.7 Å². The second kappa shape index (κ2) is 9.36. The zero-order valence-electron chi connectivity index (χ0n) is 17.8. The van der Waals surface area contributed by atoms with Crippen molar-refractivity contribution in [3.05, 3.63) is 59.7 Å². The number of nitrogens with zero attached hydrogens (tertiary/aromatic N) is 4. The highest BCUT2D eigenvalue weighted by Crippen LogP contribution is 2.24. The van der Waals surface area contributed by atoms with Gasteiger partial charge in [0.05, 0.1) is 10.5 Å². The van der Waals surface area contributed by atoms with Gasteiger partial charge in [0.15, 0.2) is 6.10 Å². The predicted molar refractivity (Wildman–Crippen MR) is 113 cm³/mol. The number of sulfonamides is 1. The molecule has 0 aliphatic carbocycles. The van der Waals surface area contributed by atoms with E-state index in [0.717, 1.165) is 0 Å². The van der Waals surface area contributed by atoms with Crippen LogP contribution in [-0.4, -0.2) is 46.9 Å². The molecule has 0 N–H and O–H groups in total. The molecule has 0 aliphatic heterocycles. The zero-order valence-corrected chi connectivity index (χ0v) is 18.6. The van der Waals surface area contributed by atoms with E-state index in [-0.39, 0.29) is 16.3 Å². The summed E-state index contributed by atoms with van der Waals surface area (Å²) in [5.41, 5.74) is 1.34. The van der Waals surface area contributed by atoms with Crippen molar-refractivity contribution in [2.75, 3.05) is 13.1 Å². The summed E-state index contributed by atoms with van der Waals surface area (Å²) in [6, 6.07) is 7.98. The van der Waals surface area contributed by atoms with E-state index in [9.17, 15) is 13.2 Å². The topological polar surface area (TPSA) is 115 Å². The van der Waals surface area contributed by atoms with E-state index in [1.54, 1.807) is 58.3 Å². The summed E-state index contributed by atoms with van der Waals surface area (Å²) >= 11 is 0. The molecule has 164 valence electrons. The minimum atomic E-state index is -3.72. The molecular weight excluding hydrogens is 420 g/mol. The molecule has 2 heterocycles. The Kier molecular flexibility index (Phi) is 6.81. The molecule has 3 aromatic rings. The third-order valence-electron chi connectivity index (χ3n) is 4.74. The first-order chi connectivity index (χ1) is 14.8. The van der Waals surface area contributed by atoms with Gasteiger partial charge in [0, 0.05) is 31.0 Å². The van der Waals surface area contributed by atoms with Crippen LogP contribution in [0.25, 0.3) is 11.4 Å². The van der Waals surface area contributed by atoms with Gasteiger partial charge in [-0.3, -0.25) is 4.98 Å². The summed E-state index contributed by atoms with van der Waals surface area (Å²) in [6.45, 7) is 7.48. The Balaban J connectivity index is 1.80. The second-order valence-electron chi connectivity index (χ2n) is 6.82. The first kappa shape index (κ1) is 22.6. The fourth-order valence-corrected chi connectivity index (χ4v) is 4.71. The van der Waals surface area contributed by atoms with Crippen LogP contribution < -0.4 is 0 Å². The molecule has 3 rings (SSSR count). The number of aryl methyl sites for hydroxylation is 1. The number of pyridine rings is 1. The Labute approximate surface area is 181 Å². The van der Waals surface area contributed by atoms with Crippen LogP contribution >= 0.6 is 0 Å². The van der Waals surface area contributed by atoms with Gasteiger partial charge in [-0.2, -0.15) is 9.29 Å². The maximum Gasteiger partial charge on any atom is 0.338 e. The normalized spacial score (nSPS) is 12.7. The fourth-order valence-electron chi connectivity index (χ4n) is 3.00. The zero-order chi connectivity index (χ0) is 22.6. The molecule has 1 atom stereocenters. The van der Waals surface area contributed by atoms with Gasteiger partial charge in [-0.05, 0) is 43.7 Å². The third-order valence-corrected chi connectivity index (χ3v) is 6.93. The molecule has 0 spiro atoms. The quantitative estimate of drug-likeness (QED) is 0.486. The number of rotatable bonds is 8. The van der Waals surface area contributed by atoms with Crippen molar-refractivity contribution in [3.63, 3.8) is 0 Å². The lowest BCUT2D eigenvalue weighted by Gasteiger charge is -2.20. The molecule has 0 aliphatic rings. The molecular formula is C21H24N4O5S. The van der Waals surface area contributed by atoms with Gasteiger partial charge < -0.3 is 9.26 Å². The average molecular weight is 445 g/mol. The largest absolute Gasteiger partial charge is 0.449 e. The maximum atomic E-state index is 12.9. The predicted octanol–water partition coefficient (Wildman–Crippen LogP) is 3.39. The first-order valence-corrected chi connectivity index (χ1v) is 11.3. The van der Waals surface area contributed by atoms with E-state index in [4.69, 9.17) is 9.26 Å². The van der Waals surface area contributed by atoms with Gasteiger partial charge in [-0.15, -0.1) is 0 Å². The lowest BCUT2D eigenvalue weighted by molar-refractivity contribution is 0.0265. The number of ether oxygens (including phenoxy) is 1. The maximum absolute atomic E-state index is 12.9. The monoisotopic (exact) mass is 444 g/mol. The molecule has 0 saturated heterocycles. The van der Waals surface area contributed by atoms with Crippen molar-refractivity contribution in [1.82, 2.24) is 19.4 Å². The highest BCUT2D eigenvalue weighted by Gasteiger charge is 2.26. The van der Waals surface area contributed by atoms with Gasteiger partial charge in [-0.1, -0.05) is 25.1 Å². The van der Waals surface area contributed by atoms with Gasteiger partial charge in [-0.25, -0.2) is 13.2 Å². The molecule has 31 heavy (non-hydrogen) atoms. The fraction of sp³-hybridized carbons (Fsp3) is 0.333. The summed E-state index contributed by atoms with van der Waals surface area (Å²) in [7, 11) is -3.72. The molecule has 1 aromatic carbocycles. The van der Waals surface area contributed by atoms with Gasteiger partial charge in [0.1, 0.15) is 0 Å². The number of hydrogen-bond acceptors (Lipinski definition) is 8. The summed E-state index contributed by atoms with van der Waals surface area (Å²) in [6.07, 6.45) is 2.40. The van der Waals surface area contributed by atoms with E-state index in [1.165, 1.54) is 16.4 Å². The number of benzene rings is 1. The summed E-state index contributed by atoms with van der Waals surface area (Å²) in [5, 5.41) is 3.88. The van der Waals surface area contributed by atoms with Crippen LogP contribution in [0, 0.1) is 6.92 Å². The Morgan fingerprint density at radius 3 is 2.61 bits per heavy atom. The van der Waals surface area contributed by atoms with E-state index >= 15 is 0 Å². The van der Waals surface area contributed by atoms with Crippen LogP contribution in [-0.2, 0) is 14.8 Å². The van der Waals surface area contributed by atoms with Gasteiger partial charge >= 0.3 is 5.97 Å². The van der Waals surface area contributed by atoms with Crippen molar-refractivity contribution in [2.45, 2.75) is 38.7 Å². The van der Waals surface area contributed by atoms with Gasteiger partial charge in [0.2, 0.25) is 15.8 Å². The number of carbonyl (C=O) groups excluding carboxylic acids is 1. The Bertz CT molecular complexity index is 1160. The minimum Gasteiger partial charge on any atom is -0.449 e. The van der Waals surface area contributed by atoms with Crippen molar-refractivity contribution < 1.29 is 22.5 Å². The SMILES string of the molecule is CCN(CC)S(=O)(=O)c1cc(C(=O)O[C@@H](C)c2nc(-c3cccnc3)no2)ccc1C. The Morgan fingerprint density at radius 1 is 1.23 bits per heavy atom. The van der Waals surface area contributed by atoms with E-state index in [2.05, 4.69) is 15.1 Å². The summed E-state index contributed by atoms with van der Waals surface area (Å²) < 4.78 is 37.8. The lowest BCUT2D eigenvalue weighted by atomic mass is 10.1. The number of hydrogen-bond donors (Lipinski definition) is 0. The number of esters is 1. The molecule has 2 aromatic heterocycles. The van der Waals surface area contributed by atoms with Crippen molar-refractivity contribution >= 4 is 16.0 Å². The van der Waals surface area contributed by atoms with Crippen molar-refractivity contribution in [3.8, 4) is 11.4 Å². The summed E-state index contributed by atoms with van der Waals surface area (Å²) in [5.74, 6) is -0.242. The smallest absolute Gasteiger partial charge is 0.338 e. The number of aromatic nitrogens is 3. The van der Waals surface area contributed by atoms with Gasteiger partial charge in [0.25, 0.3) is 5.89 Å². The minimum absolute atomic E-state index is 0.0787. The van der Waals surface area contributed by atoms with Crippen LogP contribution in [0.4, 0.5) is 0 Å². The lowest BCUT2D eigenvalue weighted by Crippen LogP contribution is -2.31. The molecule has 0 radical (unpaired) electrons. The van der Waals surface area contributed by atoms with E-state index in [1.807, 2.05) is 0 Å². The standard InChI is InChI=1S/C21H24N4O5S/c1-5-25(6-2)31(27,28)18-12-16(10-9-14(18)3)21(26)29-15(4)20-23-19(24-30-20)17-8-7-11-22-13-17/h7-13,15H,5-6H2,1-4H3/t15-/m0/s1. The molecule has 0 unspecified atom stereocenters. The molecule has 0 saturated carbocycles. The van der Waals surface area contributed by atoms with Crippen LogP contribution in [0.15, 0.2) is 52.1 Å². The first-order valence-electron chi connectivity index (χ1n) is 9.83. The summed E-state index contributed by atoms with van der Waals surface area (Å²) in [4.78, 5) is 21.0. The van der Waals surface area contributed by atoms with Crippen LogP contribution in [0.5, 0.6) is 0 Å². The molecule has 0 bridgehead atoms. The van der Waals surface area contributed by atoms with E-state index < -0.39 is 22.1 Å². The molecule has 0 amide bonds. The highest BCUT2D eigenvalue weighted by molar-refractivity contribution is 7.89. The molecule has 0 fully saturated rings. The van der Waals surface area contributed by atoms with Crippen LogP contribution in [0.2, 0.25) is 0 Å². The molecule has 10 heteroatoms. The number of carbonyl (C=O) groups is 1. The van der Waals surface area contributed by atoms with Crippen LogP contribution in [0.3, 0.4) is 0 Å². The average Bonchev–Trinajstić information content (AvgIpc) is 3.25. The third kappa shape index (κ3) is 4.80. The Hall–Kier alpha value is -3.11. The highest BCUT2D eigenvalue weighted by atomic mass is 32.2. The van der Waals surface area contributed by atoms with Crippen molar-refractivity contribution in [1.29, 1.82) is 0 Å².